The summed E-state index contributed by atoms with van der Waals surface area (Å²) in [5, 5.41) is 15.1. The Bertz CT molecular complexity index is 1410. The van der Waals surface area contributed by atoms with Crippen LogP contribution in [0.3, 0.4) is 0 Å². The van der Waals surface area contributed by atoms with Crippen molar-refractivity contribution in [2.24, 2.45) is 29.1 Å². The number of aromatic nitrogens is 1. The van der Waals surface area contributed by atoms with E-state index >= 15 is 0 Å². The summed E-state index contributed by atoms with van der Waals surface area (Å²) in [5.74, 6) is -1.48. The normalized spacial score (nSPS) is 42.6. The topological polar surface area (TPSA) is 112 Å². The molecule has 1 aromatic heterocycles. The summed E-state index contributed by atoms with van der Waals surface area (Å²) >= 11 is 0. The lowest BCUT2D eigenvalue weighted by Gasteiger charge is -2.46. The zero-order valence-corrected chi connectivity index (χ0v) is 23.1. The quantitative estimate of drug-likeness (QED) is 0.308. The van der Waals surface area contributed by atoms with Gasteiger partial charge in [-0.1, -0.05) is 50.3 Å². The fourth-order valence-corrected chi connectivity index (χ4v) is 7.95. The van der Waals surface area contributed by atoms with Crippen molar-refractivity contribution in [2.75, 3.05) is 0 Å². The zero-order valence-electron chi connectivity index (χ0n) is 23.1. The maximum absolute atomic E-state index is 14.3. The number of H-pyrrole nitrogens is 1. The molecular formula is C32H38N2O5. The van der Waals surface area contributed by atoms with Gasteiger partial charge in [-0.25, -0.2) is 0 Å². The number of ether oxygens (including phenoxy) is 1. The Labute approximate surface area is 229 Å². The van der Waals surface area contributed by atoms with E-state index < -0.39 is 23.0 Å². The lowest BCUT2D eigenvalue weighted by molar-refractivity contribution is -0.148. The van der Waals surface area contributed by atoms with Crippen LogP contribution in [0.25, 0.3) is 10.9 Å². The molecule has 2 saturated heterocycles. The van der Waals surface area contributed by atoms with E-state index in [9.17, 15) is 19.5 Å². The van der Waals surface area contributed by atoms with Crippen molar-refractivity contribution < 1.29 is 24.2 Å². The molecule has 2 aliphatic heterocycles. The van der Waals surface area contributed by atoms with E-state index in [1.807, 2.05) is 49.5 Å². The molecule has 7 heteroatoms. The number of aromatic amines is 1. The molecule has 1 amide bonds. The Kier molecular flexibility index (Phi) is 6.23. The van der Waals surface area contributed by atoms with Gasteiger partial charge < -0.3 is 20.1 Å². The monoisotopic (exact) mass is 530 g/mol. The predicted octanol–water partition coefficient (Wildman–Crippen LogP) is 4.06. The number of allylic oxidation sites excluding steroid dienone is 2. The van der Waals surface area contributed by atoms with Gasteiger partial charge in [0.2, 0.25) is 5.91 Å². The van der Waals surface area contributed by atoms with Crippen molar-refractivity contribution >= 4 is 28.4 Å². The van der Waals surface area contributed by atoms with Gasteiger partial charge in [0, 0.05) is 41.4 Å². The molecule has 3 N–H and O–H groups in total. The lowest BCUT2D eigenvalue weighted by Crippen LogP contribution is -2.58. The molecule has 0 unspecified atom stereocenters. The van der Waals surface area contributed by atoms with Crippen LogP contribution in [0.1, 0.15) is 52.5 Å². The van der Waals surface area contributed by atoms with Crippen molar-refractivity contribution in [3.05, 3.63) is 59.8 Å². The highest BCUT2D eigenvalue weighted by atomic mass is 16.6. The van der Waals surface area contributed by atoms with Crippen LogP contribution >= 0.6 is 0 Å². The minimum Gasteiger partial charge on any atom is -0.385 e. The van der Waals surface area contributed by atoms with E-state index in [0.717, 1.165) is 16.5 Å². The van der Waals surface area contributed by atoms with Crippen LogP contribution in [0, 0.1) is 29.1 Å². The maximum atomic E-state index is 14.3. The molecule has 6 rings (SSSR count). The number of aliphatic hydroxyl groups is 1. The van der Waals surface area contributed by atoms with Crippen LogP contribution in [-0.2, 0) is 25.5 Å². The van der Waals surface area contributed by atoms with Crippen molar-refractivity contribution in [1.82, 2.24) is 10.3 Å². The number of carbonyl (C=O) groups excluding carboxylic acids is 3. The van der Waals surface area contributed by atoms with Gasteiger partial charge in [0.15, 0.2) is 5.78 Å². The third kappa shape index (κ3) is 3.88. The van der Waals surface area contributed by atoms with Crippen molar-refractivity contribution in [3.63, 3.8) is 0 Å². The van der Waals surface area contributed by atoms with E-state index in [-0.39, 0.29) is 60.2 Å². The minimum absolute atomic E-state index is 0.000298. The van der Waals surface area contributed by atoms with Crippen LogP contribution in [0.4, 0.5) is 0 Å². The molecule has 2 aliphatic carbocycles. The highest BCUT2D eigenvalue weighted by molar-refractivity contribution is 6.09. The highest BCUT2D eigenvalue weighted by Crippen LogP contribution is 2.66. The van der Waals surface area contributed by atoms with E-state index in [0.29, 0.717) is 18.4 Å². The number of fused-ring (bicyclic) bond motifs is 3. The second-order valence-corrected chi connectivity index (χ2v) is 12.4. The zero-order chi connectivity index (χ0) is 27.7. The first-order valence-corrected chi connectivity index (χ1v) is 14.2. The summed E-state index contributed by atoms with van der Waals surface area (Å²) in [6.07, 6.45) is 7.67. The second kappa shape index (κ2) is 9.27. The molecule has 1 aromatic carbocycles. The van der Waals surface area contributed by atoms with Crippen molar-refractivity contribution in [3.8, 4) is 0 Å². The molecule has 9 atom stereocenters. The number of hydrogen-bond acceptors (Lipinski definition) is 5. The molecule has 0 radical (unpaired) electrons. The number of hydrogen-bond donors (Lipinski definition) is 3. The molecule has 7 nitrogen and oxygen atoms in total. The number of ketones is 2. The van der Waals surface area contributed by atoms with Crippen LogP contribution in [0.5, 0.6) is 0 Å². The van der Waals surface area contributed by atoms with Gasteiger partial charge in [-0.2, -0.15) is 0 Å². The summed E-state index contributed by atoms with van der Waals surface area (Å²) in [7, 11) is 0. The Hall–Kier alpha value is -3.03. The second-order valence-electron chi connectivity index (χ2n) is 12.4. The maximum Gasteiger partial charge on any atom is 0.235 e. The SMILES string of the molecule is C/C1=C\[C@@H](C)C/C=C/[C@H]2[C@@H]3O[C@]3(C)[C@@H](C)[C@H]3[C@H](Cc4c[nH]c5ccccc45)NC(=O)[C@]32C(=O)CC[C@H](O)C1=O. The number of nitrogens with one attached hydrogen (secondary N) is 2. The smallest absolute Gasteiger partial charge is 0.235 e. The van der Waals surface area contributed by atoms with Crippen LogP contribution in [-0.4, -0.2) is 51.4 Å². The van der Waals surface area contributed by atoms with Gasteiger partial charge in [0.05, 0.1) is 11.7 Å². The Morgan fingerprint density at radius 3 is 2.72 bits per heavy atom. The predicted molar refractivity (Wildman–Crippen MR) is 148 cm³/mol. The molecule has 3 heterocycles. The first-order valence-electron chi connectivity index (χ1n) is 14.2. The third-order valence-electron chi connectivity index (χ3n) is 10.1. The molecule has 3 fully saturated rings. The number of epoxide rings is 1. The van der Waals surface area contributed by atoms with Gasteiger partial charge in [0.25, 0.3) is 0 Å². The van der Waals surface area contributed by atoms with E-state index in [1.165, 1.54) is 0 Å². The average Bonchev–Trinajstić information content (AvgIpc) is 3.31. The number of para-hydroxylation sites is 1. The first kappa shape index (κ1) is 26.2. The molecule has 2 aromatic rings. The number of Topliss-reactive ketones (excluding diaryl/α,β-unsaturated/α-hetero) is 2. The highest BCUT2D eigenvalue weighted by Gasteiger charge is 2.78. The Balaban J connectivity index is 1.43. The molecule has 4 aliphatic rings. The summed E-state index contributed by atoms with van der Waals surface area (Å²) in [4.78, 5) is 44.7. The Morgan fingerprint density at radius 1 is 1.15 bits per heavy atom. The van der Waals surface area contributed by atoms with Crippen molar-refractivity contribution in [2.45, 2.75) is 77.2 Å². The van der Waals surface area contributed by atoms with Gasteiger partial charge in [-0.15, -0.1) is 0 Å². The molecule has 0 bridgehead atoms. The van der Waals surface area contributed by atoms with Crippen molar-refractivity contribution in [1.29, 1.82) is 0 Å². The number of benzene rings is 1. The minimum atomic E-state index is -1.31. The Morgan fingerprint density at radius 2 is 1.92 bits per heavy atom. The van der Waals surface area contributed by atoms with Gasteiger partial charge in [-0.3, -0.25) is 14.4 Å². The summed E-state index contributed by atoms with van der Waals surface area (Å²) in [5.41, 5.74) is 0.921. The molecule has 1 spiro atoms. The molecule has 206 valence electrons. The molecule has 1 saturated carbocycles. The number of aliphatic hydroxyl groups excluding tert-OH is 1. The van der Waals surface area contributed by atoms with Crippen LogP contribution in [0.2, 0.25) is 0 Å². The summed E-state index contributed by atoms with van der Waals surface area (Å²) in [6, 6.07) is 7.85. The largest absolute Gasteiger partial charge is 0.385 e. The molecule has 39 heavy (non-hydrogen) atoms. The summed E-state index contributed by atoms with van der Waals surface area (Å²) in [6.45, 7) is 7.95. The van der Waals surface area contributed by atoms with Gasteiger partial charge >= 0.3 is 0 Å². The first-order chi connectivity index (χ1) is 18.6. The van der Waals surface area contributed by atoms with E-state index in [1.54, 1.807) is 6.92 Å². The third-order valence-corrected chi connectivity index (χ3v) is 10.1. The number of amides is 1. The van der Waals surface area contributed by atoms with Crippen LogP contribution < -0.4 is 5.32 Å². The lowest BCUT2D eigenvalue weighted by atomic mass is 9.51. The van der Waals surface area contributed by atoms with E-state index in [2.05, 4.69) is 30.2 Å². The summed E-state index contributed by atoms with van der Waals surface area (Å²) < 4.78 is 6.35. The average molecular weight is 531 g/mol. The molecular weight excluding hydrogens is 492 g/mol. The van der Waals surface area contributed by atoms with Crippen LogP contribution in [0.15, 0.2) is 54.3 Å². The van der Waals surface area contributed by atoms with Gasteiger partial charge in [-0.05, 0) is 62.1 Å². The number of carbonyl (C=O) groups is 3. The fraction of sp³-hybridized carbons (Fsp3) is 0.531. The van der Waals surface area contributed by atoms with Gasteiger partial charge in [0.1, 0.15) is 17.3 Å². The standard InChI is InChI=1S/C32H38N2O5/c1-17-8-7-10-22-29-31(4,39-29)19(3)27-24(15-20-16-33-23-11-6-5-9-21(20)23)34-30(38)32(22,27)26(36)13-12-25(35)28(37)18(2)14-17/h5-7,9-11,14,16-17,19,22,24-25,27,29,33,35H,8,12-13,15H2,1-4H3,(H,34,38)/b10-7+,18-14+/t17-,19-,22-,24-,25-,27-,29-,31+,32+/m0/s1. The van der Waals surface area contributed by atoms with E-state index in [4.69, 9.17) is 4.74 Å². The fourth-order valence-electron chi connectivity index (χ4n) is 7.95. The number of rotatable bonds is 2.